The van der Waals surface area contributed by atoms with Crippen LogP contribution < -0.4 is 5.32 Å². The minimum atomic E-state index is -0.0678. The molecule has 9 heteroatoms. The van der Waals surface area contributed by atoms with Gasteiger partial charge in [0.2, 0.25) is 5.91 Å². The van der Waals surface area contributed by atoms with Gasteiger partial charge in [-0.15, -0.1) is 5.10 Å². The van der Waals surface area contributed by atoms with Gasteiger partial charge in [0.15, 0.2) is 17.2 Å². The molecule has 1 amide bonds. The second-order valence-corrected chi connectivity index (χ2v) is 6.46. The van der Waals surface area contributed by atoms with E-state index < -0.39 is 0 Å². The third-order valence-electron chi connectivity index (χ3n) is 4.42. The zero-order valence-corrected chi connectivity index (χ0v) is 15.2. The Balaban J connectivity index is 1.44. The number of furan rings is 1. The van der Waals surface area contributed by atoms with Crippen molar-refractivity contribution < 1.29 is 13.9 Å². The number of carbonyl (C=O) groups excluding carboxylic acids is 1. The fraction of sp³-hybridized carbons (Fsp3) is 0.444. The number of rotatable bonds is 6. The minimum Gasteiger partial charge on any atom is -0.461 e. The Bertz CT molecular complexity index is 915. The second-order valence-electron chi connectivity index (χ2n) is 6.46. The van der Waals surface area contributed by atoms with E-state index in [4.69, 9.17) is 9.15 Å². The van der Waals surface area contributed by atoms with Gasteiger partial charge < -0.3 is 14.5 Å². The quantitative estimate of drug-likeness (QED) is 0.681. The number of hydrogen-bond donors (Lipinski definition) is 1. The van der Waals surface area contributed by atoms with Crippen LogP contribution in [0.15, 0.2) is 28.9 Å². The lowest BCUT2D eigenvalue weighted by Crippen LogP contribution is -2.41. The summed E-state index contributed by atoms with van der Waals surface area (Å²) in [6.07, 6.45) is 1.76. The number of nitrogens with zero attached hydrogens (tertiary/aromatic N) is 5. The van der Waals surface area contributed by atoms with Gasteiger partial charge in [-0.3, -0.25) is 9.69 Å². The maximum absolute atomic E-state index is 12.3. The summed E-state index contributed by atoms with van der Waals surface area (Å²) in [7, 11) is 0. The summed E-state index contributed by atoms with van der Waals surface area (Å²) in [6.45, 7) is 6.58. The Morgan fingerprint density at radius 3 is 2.93 bits per heavy atom. The van der Waals surface area contributed by atoms with Crippen LogP contribution in [0, 0.1) is 6.92 Å². The van der Waals surface area contributed by atoms with Crippen LogP contribution in [-0.2, 0) is 16.0 Å². The van der Waals surface area contributed by atoms with Crippen LogP contribution in [0.3, 0.4) is 0 Å². The van der Waals surface area contributed by atoms with E-state index in [0.717, 1.165) is 32.8 Å². The molecule has 1 aliphatic rings. The molecule has 1 fully saturated rings. The first-order valence-corrected chi connectivity index (χ1v) is 9.03. The Labute approximate surface area is 156 Å². The lowest BCUT2D eigenvalue weighted by Gasteiger charge is -2.26. The number of fused-ring (bicyclic) bond motifs is 1. The van der Waals surface area contributed by atoms with Crippen LogP contribution >= 0.6 is 0 Å². The van der Waals surface area contributed by atoms with Crippen molar-refractivity contribution >= 4 is 11.6 Å². The first-order chi connectivity index (χ1) is 13.2. The standard InChI is InChI=1S/C18H22N6O3/c1-13-20-16-11-14(21-18(24(16)22-13)15-3-2-8-27-15)12-17(25)19-4-5-23-6-9-26-10-7-23/h2-3,8,11H,4-7,9-10,12H2,1H3,(H,19,25). The van der Waals surface area contributed by atoms with Gasteiger partial charge >= 0.3 is 0 Å². The van der Waals surface area contributed by atoms with Crippen LogP contribution in [0.2, 0.25) is 0 Å². The van der Waals surface area contributed by atoms with Crippen LogP contribution in [0.1, 0.15) is 11.5 Å². The number of aromatic nitrogens is 4. The van der Waals surface area contributed by atoms with E-state index in [1.807, 2.05) is 13.0 Å². The summed E-state index contributed by atoms with van der Waals surface area (Å²) in [5.41, 5.74) is 1.27. The Morgan fingerprint density at radius 2 is 2.15 bits per heavy atom. The van der Waals surface area contributed by atoms with E-state index >= 15 is 0 Å². The third-order valence-corrected chi connectivity index (χ3v) is 4.42. The van der Waals surface area contributed by atoms with E-state index in [9.17, 15) is 4.79 Å². The molecule has 0 saturated carbocycles. The summed E-state index contributed by atoms with van der Waals surface area (Å²) in [5, 5.41) is 7.32. The fourth-order valence-corrected chi connectivity index (χ4v) is 3.11. The molecule has 142 valence electrons. The zero-order chi connectivity index (χ0) is 18.6. The van der Waals surface area contributed by atoms with Crippen molar-refractivity contribution in [2.45, 2.75) is 13.3 Å². The fourth-order valence-electron chi connectivity index (χ4n) is 3.11. The first kappa shape index (κ1) is 17.6. The summed E-state index contributed by atoms with van der Waals surface area (Å²) in [5.74, 6) is 1.69. The molecule has 4 rings (SSSR count). The number of carbonyl (C=O) groups is 1. The van der Waals surface area contributed by atoms with Crippen LogP contribution in [0.25, 0.3) is 17.2 Å². The summed E-state index contributed by atoms with van der Waals surface area (Å²) in [6, 6.07) is 5.39. The number of morpholine rings is 1. The monoisotopic (exact) mass is 370 g/mol. The predicted molar refractivity (Wildman–Crippen MR) is 97.2 cm³/mol. The highest BCUT2D eigenvalue weighted by Crippen LogP contribution is 2.19. The van der Waals surface area contributed by atoms with Gasteiger partial charge in [-0.05, 0) is 19.1 Å². The van der Waals surface area contributed by atoms with E-state index in [-0.39, 0.29) is 12.3 Å². The van der Waals surface area contributed by atoms with E-state index in [2.05, 4.69) is 25.3 Å². The summed E-state index contributed by atoms with van der Waals surface area (Å²) in [4.78, 5) is 23.6. The van der Waals surface area contributed by atoms with Gasteiger partial charge in [0, 0.05) is 32.2 Å². The van der Waals surface area contributed by atoms with Gasteiger partial charge in [-0.25, -0.2) is 9.97 Å². The molecule has 0 bridgehead atoms. The summed E-state index contributed by atoms with van der Waals surface area (Å²) >= 11 is 0. The maximum Gasteiger partial charge on any atom is 0.226 e. The number of nitrogens with one attached hydrogen (secondary N) is 1. The molecule has 1 saturated heterocycles. The second kappa shape index (κ2) is 7.85. The van der Waals surface area contributed by atoms with Crippen molar-refractivity contribution in [1.29, 1.82) is 0 Å². The molecular formula is C18H22N6O3. The van der Waals surface area contributed by atoms with Crippen molar-refractivity contribution in [3.05, 3.63) is 36.0 Å². The van der Waals surface area contributed by atoms with Gasteiger partial charge in [-0.1, -0.05) is 0 Å². The highest BCUT2D eigenvalue weighted by atomic mass is 16.5. The molecule has 1 aliphatic heterocycles. The SMILES string of the molecule is Cc1nc2cc(CC(=O)NCCN3CCOCC3)nc(-c3ccco3)n2n1. The number of amides is 1. The van der Waals surface area contributed by atoms with Gasteiger partial charge in [0.25, 0.3) is 0 Å². The van der Waals surface area contributed by atoms with Crippen molar-refractivity contribution in [2.24, 2.45) is 0 Å². The molecule has 3 aromatic heterocycles. The molecule has 0 aliphatic carbocycles. The maximum atomic E-state index is 12.3. The van der Waals surface area contributed by atoms with Crippen LogP contribution in [-0.4, -0.2) is 69.8 Å². The van der Waals surface area contributed by atoms with E-state index in [0.29, 0.717) is 35.3 Å². The molecule has 0 aromatic carbocycles. The number of ether oxygens (including phenoxy) is 1. The van der Waals surface area contributed by atoms with Crippen molar-refractivity contribution in [2.75, 3.05) is 39.4 Å². The number of hydrogen-bond acceptors (Lipinski definition) is 7. The lowest BCUT2D eigenvalue weighted by molar-refractivity contribution is -0.120. The zero-order valence-electron chi connectivity index (χ0n) is 15.2. The predicted octanol–water partition coefficient (Wildman–Crippen LogP) is 0.684. The normalized spacial score (nSPS) is 15.3. The van der Waals surface area contributed by atoms with Crippen LogP contribution in [0.5, 0.6) is 0 Å². The molecule has 4 heterocycles. The third kappa shape index (κ3) is 4.15. The smallest absolute Gasteiger partial charge is 0.226 e. The average molecular weight is 370 g/mol. The molecular weight excluding hydrogens is 348 g/mol. The highest BCUT2D eigenvalue weighted by Gasteiger charge is 2.16. The Hall–Kier alpha value is -2.78. The lowest BCUT2D eigenvalue weighted by atomic mass is 10.2. The molecule has 0 unspecified atom stereocenters. The Kier molecular flexibility index (Phi) is 5.12. The largest absolute Gasteiger partial charge is 0.461 e. The molecule has 27 heavy (non-hydrogen) atoms. The van der Waals surface area contributed by atoms with Gasteiger partial charge in [-0.2, -0.15) is 4.52 Å². The molecule has 0 atom stereocenters. The van der Waals surface area contributed by atoms with Crippen LogP contribution in [0.4, 0.5) is 0 Å². The van der Waals surface area contributed by atoms with Gasteiger partial charge in [0.05, 0.1) is 31.6 Å². The first-order valence-electron chi connectivity index (χ1n) is 9.03. The highest BCUT2D eigenvalue weighted by molar-refractivity contribution is 5.78. The van der Waals surface area contributed by atoms with E-state index in [1.54, 1.807) is 22.9 Å². The average Bonchev–Trinajstić information content (AvgIpc) is 3.31. The van der Waals surface area contributed by atoms with Crippen molar-refractivity contribution in [3.63, 3.8) is 0 Å². The van der Waals surface area contributed by atoms with Gasteiger partial charge in [0.1, 0.15) is 5.82 Å². The number of aryl methyl sites for hydroxylation is 1. The van der Waals surface area contributed by atoms with E-state index in [1.165, 1.54) is 0 Å². The molecule has 1 N–H and O–H groups in total. The minimum absolute atomic E-state index is 0.0678. The topological polar surface area (TPSA) is 97.8 Å². The Morgan fingerprint density at radius 1 is 1.30 bits per heavy atom. The molecule has 3 aromatic rings. The molecule has 0 spiro atoms. The summed E-state index contributed by atoms with van der Waals surface area (Å²) < 4.78 is 12.4. The molecule has 9 nitrogen and oxygen atoms in total. The molecule has 0 radical (unpaired) electrons. The van der Waals surface area contributed by atoms with Crippen molar-refractivity contribution in [1.82, 2.24) is 29.8 Å². The van der Waals surface area contributed by atoms with Crippen molar-refractivity contribution in [3.8, 4) is 11.6 Å².